The first-order valence-electron chi connectivity index (χ1n) is 15.4. The first-order valence-corrected chi connectivity index (χ1v) is 17.5. The summed E-state index contributed by atoms with van der Waals surface area (Å²) in [5, 5.41) is 11.9. The Hall–Kier alpha value is -2.02. The Morgan fingerprint density at radius 2 is 2.07 bits per heavy atom. The number of benzene rings is 1. The van der Waals surface area contributed by atoms with E-state index >= 15 is 0 Å². The van der Waals surface area contributed by atoms with E-state index in [1.807, 2.05) is 37.3 Å². The number of rotatable bonds is 7. The molecule has 7 rings (SSSR count). The van der Waals surface area contributed by atoms with Gasteiger partial charge in [-0.1, -0.05) is 49.0 Å². The third kappa shape index (κ3) is 4.59. The van der Waals surface area contributed by atoms with Crippen LogP contribution in [0.25, 0.3) is 10.2 Å². The van der Waals surface area contributed by atoms with Gasteiger partial charge in [-0.3, -0.25) is 9.59 Å². The first kappa shape index (κ1) is 30.6. The number of thiazole rings is 1. The van der Waals surface area contributed by atoms with Gasteiger partial charge in [0.05, 0.1) is 22.4 Å². The van der Waals surface area contributed by atoms with Gasteiger partial charge in [0, 0.05) is 40.8 Å². The van der Waals surface area contributed by atoms with Crippen LogP contribution in [0.15, 0.2) is 52.4 Å². The molecule has 11 heteroatoms. The van der Waals surface area contributed by atoms with Crippen molar-refractivity contribution in [1.82, 2.24) is 4.98 Å². The number of alkyl halides is 2. The molecule has 7 unspecified atom stereocenters. The highest BCUT2D eigenvalue weighted by molar-refractivity contribution is 7.94. The van der Waals surface area contributed by atoms with Crippen molar-refractivity contribution < 1.29 is 37.5 Å². The second kappa shape index (κ2) is 10.5. The van der Waals surface area contributed by atoms with Crippen molar-refractivity contribution in [3.8, 4) is 0 Å². The van der Waals surface area contributed by atoms with Gasteiger partial charge in [0.15, 0.2) is 23.4 Å². The molecule has 1 aromatic carbocycles. The normalized spacial score (nSPS) is 40.2. The lowest BCUT2D eigenvalue weighted by Crippen LogP contribution is -2.63. The van der Waals surface area contributed by atoms with Crippen molar-refractivity contribution in [1.29, 1.82) is 0 Å². The molecule has 0 spiro atoms. The number of ether oxygens (including phenoxy) is 2. The Kier molecular flexibility index (Phi) is 7.31. The minimum Gasteiger partial charge on any atom is -0.609 e. The number of halogens is 2. The molecule has 2 heterocycles. The molecule has 5 aliphatic rings. The number of nitrogens with zero attached hydrogens (tertiary/aromatic N) is 1. The lowest BCUT2D eigenvalue weighted by atomic mass is 9.46. The fraction of sp³-hybridized carbons (Fsp3) is 0.606. The van der Waals surface area contributed by atoms with Crippen molar-refractivity contribution in [2.45, 2.75) is 93.7 Å². The zero-order chi connectivity index (χ0) is 31.2. The number of Topliss-reactive ketones (excluding diaryl/α,β-unsaturated/α-hetero) is 1. The molecule has 0 bridgehead atoms. The van der Waals surface area contributed by atoms with Gasteiger partial charge in [-0.2, -0.15) is 4.98 Å². The molecule has 1 aliphatic heterocycles. The van der Waals surface area contributed by atoms with E-state index in [1.54, 1.807) is 12.2 Å². The predicted molar refractivity (Wildman–Crippen MR) is 162 cm³/mol. The van der Waals surface area contributed by atoms with Crippen molar-refractivity contribution in [2.24, 2.45) is 28.6 Å². The highest BCUT2D eigenvalue weighted by Crippen LogP contribution is 2.70. The van der Waals surface area contributed by atoms with Crippen LogP contribution in [0, 0.1) is 28.6 Å². The van der Waals surface area contributed by atoms with E-state index in [2.05, 4.69) is 11.9 Å². The number of hydrogen-bond donors (Lipinski definition) is 1. The fourth-order valence-corrected chi connectivity index (χ4v) is 11.7. The third-order valence-electron chi connectivity index (χ3n) is 11.3. The summed E-state index contributed by atoms with van der Waals surface area (Å²) in [6.45, 7) is 4.89. The number of carbonyl (C=O) groups is 2. The number of hydrogen-bond acceptors (Lipinski definition) is 8. The van der Waals surface area contributed by atoms with Crippen LogP contribution in [0.1, 0.15) is 59.3 Å². The standard InChI is InChI=1S/C33H37F2NO6S2/c1-30-12-10-19(37)14-18(30)8-9-20-21-15-26-33(31(21,2)16-23(38)28(20)30,42-27(41-26)11-13-32(3,34)35)25(39)17-44(40)29-36-22-6-4-5-7-24(22)43-29/h4-7,10,12,14,20-21,23,26-28,38H,8-9,11,13,15-17H2,1-3H3/t20?,21?,23-,26+,27?,28?,30?,31?,33+,44?/m0/s1. The second-order valence-corrected chi connectivity index (χ2v) is 16.5. The van der Waals surface area contributed by atoms with Crippen LogP contribution in [-0.2, 0) is 30.2 Å². The zero-order valence-corrected chi connectivity index (χ0v) is 26.6. The Balaban J connectivity index is 1.23. The second-order valence-electron chi connectivity index (χ2n) is 13.8. The molecule has 1 N–H and O–H groups in total. The summed E-state index contributed by atoms with van der Waals surface area (Å²) in [4.78, 5) is 31.2. The molecule has 2 aromatic rings. The van der Waals surface area contributed by atoms with Crippen molar-refractivity contribution in [3.63, 3.8) is 0 Å². The summed E-state index contributed by atoms with van der Waals surface area (Å²) in [7, 11) is 0. The van der Waals surface area contributed by atoms with Gasteiger partial charge in [0.2, 0.25) is 11.7 Å². The molecule has 1 saturated heterocycles. The van der Waals surface area contributed by atoms with E-state index < -0.39 is 64.2 Å². The summed E-state index contributed by atoms with van der Waals surface area (Å²) < 4.78 is 55.4. The minimum atomic E-state index is -2.92. The molecule has 4 aliphatic carbocycles. The molecule has 1 aromatic heterocycles. The highest BCUT2D eigenvalue weighted by atomic mass is 32.2. The van der Waals surface area contributed by atoms with Gasteiger partial charge < -0.3 is 19.1 Å². The molecule has 3 saturated carbocycles. The smallest absolute Gasteiger partial charge is 0.303 e. The lowest BCUT2D eigenvalue weighted by molar-refractivity contribution is -0.199. The molecule has 10 atom stereocenters. The Morgan fingerprint density at radius 3 is 2.82 bits per heavy atom. The zero-order valence-electron chi connectivity index (χ0n) is 25.0. The van der Waals surface area contributed by atoms with Crippen LogP contribution in [0.4, 0.5) is 8.78 Å². The lowest BCUT2D eigenvalue weighted by Gasteiger charge is -2.59. The quantitative estimate of drug-likeness (QED) is 0.381. The number of carbonyl (C=O) groups excluding carboxylic acids is 2. The highest BCUT2D eigenvalue weighted by Gasteiger charge is 2.76. The SMILES string of the molecule is CC(F)(F)CCC1O[C@@H]2CC3C4CCC5=CC(=O)C=CC5(C)C4[C@@H](O)CC3(C)[C@]2(C(=O)C[S+]([O-])c2nc3ccccc3s2)O1. The molecule has 7 nitrogen and oxygen atoms in total. The maximum absolute atomic E-state index is 14.5. The molecular formula is C33H37F2NO6S2. The monoisotopic (exact) mass is 645 g/mol. The topological polar surface area (TPSA) is 109 Å². The predicted octanol–water partition coefficient (Wildman–Crippen LogP) is 5.78. The van der Waals surface area contributed by atoms with Crippen molar-refractivity contribution in [3.05, 3.63) is 48.1 Å². The van der Waals surface area contributed by atoms with Crippen LogP contribution in [0.2, 0.25) is 0 Å². The summed E-state index contributed by atoms with van der Waals surface area (Å²) >= 11 is -0.480. The van der Waals surface area contributed by atoms with Gasteiger partial charge in [-0.15, -0.1) is 0 Å². The number of fused-ring (bicyclic) bond motifs is 8. The Morgan fingerprint density at radius 1 is 1.30 bits per heavy atom. The van der Waals surface area contributed by atoms with Crippen LogP contribution in [0.5, 0.6) is 0 Å². The average Bonchev–Trinajstić information content (AvgIpc) is 3.62. The van der Waals surface area contributed by atoms with Gasteiger partial charge in [-0.05, 0) is 68.7 Å². The largest absolute Gasteiger partial charge is 0.609 e. The van der Waals surface area contributed by atoms with E-state index in [1.165, 1.54) is 11.3 Å². The van der Waals surface area contributed by atoms with E-state index in [-0.39, 0.29) is 42.1 Å². The van der Waals surface area contributed by atoms with Crippen LogP contribution in [-0.4, -0.2) is 62.0 Å². The van der Waals surface area contributed by atoms with Gasteiger partial charge in [0.25, 0.3) is 0 Å². The molecular weight excluding hydrogens is 608 g/mol. The van der Waals surface area contributed by atoms with Crippen molar-refractivity contribution >= 4 is 44.3 Å². The van der Waals surface area contributed by atoms with E-state index in [0.29, 0.717) is 22.7 Å². The van der Waals surface area contributed by atoms with E-state index in [4.69, 9.17) is 9.47 Å². The Labute approximate surface area is 262 Å². The molecule has 4 fully saturated rings. The number of para-hydroxylation sites is 1. The average molecular weight is 646 g/mol. The van der Waals surface area contributed by atoms with Gasteiger partial charge in [-0.25, -0.2) is 8.78 Å². The Bertz CT molecular complexity index is 1540. The molecule has 0 radical (unpaired) electrons. The number of aliphatic hydroxyl groups is 1. The summed E-state index contributed by atoms with van der Waals surface area (Å²) in [5.74, 6) is -3.93. The summed E-state index contributed by atoms with van der Waals surface area (Å²) in [5.41, 5.74) is -1.19. The van der Waals surface area contributed by atoms with Gasteiger partial charge in [0.1, 0.15) is 0 Å². The molecule has 0 amide bonds. The van der Waals surface area contributed by atoms with E-state index in [9.17, 15) is 28.0 Å². The number of allylic oxidation sites excluding steroid dienone is 4. The number of aromatic nitrogens is 1. The van der Waals surface area contributed by atoms with Crippen molar-refractivity contribution in [2.75, 3.05) is 5.75 Å². The molecule has 236 valence electrons. The third-order valence-corrected chi connectivity index (χ3v) is 13.9. The maximum Gasteiger partial charge on any atom is 0.303 e. The fourth-order valence-electron chi connectivity index (χ4n) is 9.38. The van der Waals surface area contributed by atoms with E-state index in [0.717, 1.165) is 23.6 Å². The minimum absolute atomic E-state index is 0.0133. The van der Waals surface area contributed by atoms with Gasteiger partial charge >= 0.3 is 4.34 Å². The molecule has 44 heavy (non-hydrogen) atoms. The van der Waals surface area contributed by atoms with Crippen LogP contribution < -0.4 is 0 Å². The number of aliphatic hydroxyl groups excluding tert-OH is 1. The summed E-state index contributed by atoms with van der Waals surface area (Å²) in [6, 6.07) is 7.44. The summed E-state index contributed by atoms with van der Waals surface area (Å²) in [6.07, 6.45) is 4.28. The number of ketones is 2. The first-order chi connectivity index (χ1) is 20.7. The maximum atomic E-state index is 14.5. The van der Waals surface area contributed by atoms with Crippen LogP contribution in [0.3, 0.4) is 0 Å². The van der Waals surface area contributed by atoms with Crippen LogP contribution >= 0.6 is 11.3 Å².